The lowest BCUT2D eigenvalue weighted by Gasteiger charge is -2.21. The standard InChI is InChI=1S/C14H18ClNO2/c15-12-6-4-11(5-7-12)8-9-16-14(17)13-3-1-2-10-18-13/h4-7,13H,1-3,8-10H2,(H,16,17). The van der Waals surface area contributed by atoms with Gasteiger partial charge in [0.1, 0.15) is 6.10 Å². The maximum atomic E-state index is 11.8. The van der Waals surface area contributed by atoms with Gasteiger partial charge in [0.2, 0.25) is 5.91 Å². The van der Waals surface area contributed by atoms with E-state index in [1.54, 1.807) is 0 Å². The highest BCUT2D eigenvalue weighted by Crippen LogP contribution is 2.13. The summed E-state index contributed by atoms with van der Waals surface area (Å²) in [6.45, 7) is 1.34. The zero-order valence-electron chi connectivity index (χ0n) is 10.3. The summed E-state index contributed by atoms with van der Waals surface area (Å²) >= 11 is 5.81. The quantitative estimate of drug-likeness (QED) is 0.911. The van der Waals surface area contributed by atoms with E-state index in [1.807, 2.05) is 24.3 Å². The van der Waals surface area contributed by atoms with Crippen molar-refractivity contribution in [2.24, 2.45) is 0 Å². The van der Waals surface area contributed by atoms with Gasteiger partial charge in [-0.05, 0) is 43.4 Å². The van der Waals surface area contributed by atoms with Gasteiger partial charge in [-0.3, -0.25) is 4.79 Å². The maximum Gasteiger partial charge on any atom is 0.249 e. The highest BCUT2D eigenvalue weighted by Gasteiger charge is 2.21. The van der Waals surface area contributed by atoms with Crippen LogP contribution in [0.15, 0.2) is 24.3 Å². The average molecular weight is 268 g/mol. The minimum atomic E-state index is -0.246. The third kappa shape index (κ3) is 4.00. The summed E-state index contributed by atoms with van der Waals surface area (Å²) in [7, 11) is 0. The topological polar surface area (TPSA) is 38.3 Å². The molecular weight excluding hydrogens is 250 g/mol. The molecule has 1 N–H and O–H groups in total. The number of hydrogen-bond acceptors (Lipinski definition) is 2. The summed E-state index contributed by atoms with van der Waals surface area (Å²) in [4.78, 5) is 11.8. The van der Waals surface area contributed by atoms with Crippen LogP contribution in [0.5, 0.6) is 0 Å². The SMILES string of the molecule is O=C(NCCc1ccc(Cl)cc1)C1CCCCO1. The summed E-state index contributed by atoms with van der Waals surface area (Å²) in [6.07, 6.45) is 3.55. The summed E-state index contributed by atoms with van der Waals surface area (Å²) in [5.41, 5.74) is 1.17. The van der Waals surface area contributed by atoms with Crippen LogP contribution in [-0.2, 0) is 16.0 Å². The highest BCUT2D eigenvalue weighted by molar-refractivity contribution is 6.30. The molecule has 4 heteroatoms. The van der Waals surface area contributed by atoms with E-state index in [0.717, 1.165) is 30.7 Å². The molecule has 0 bridgehead atoms. The van der Waals surface area contributed by atoms with E-state index in [2.05, 4.69) is 5.32 Å². The van der Waals surface area contributed by atoms with Crippen LogP contribution in [-0.4, -0.2) is 25.2 Å². The van der Waals surface area contributed by atoms with Crippen molar-refractivity contribution in [3.05, 3.63) is 34.9 Å². The van der Waals surface area contributed by atoms with Gasteiger partial charge in [0.15, 0.2) is 0 Å². The van der Waals surface area contributed by atoms with Crippen molar-refractivity contribution in [3.8, 4) is 0 Å². The number of hydrogen-bond donors (Lipinski definition) is 1. The van der Waals surface area contributed by atoms with Crippen molar-refractivity contribution in [1.29, 1.82) is 0 Å². The van der Waals surface area contributed by atoms with E-state index in [4.69, 9.17) is 16.3 Å². The van der Waals surface area contributed by atoms with Crippen molar-refractivity contribution in [1.82, 2.24) is 5.32 Å². The Morgan fingerprint density at radius 2 is 2.11 bits per heavy atom. The van der Waals surface area contributed by atoms with Crippen LogP contribution in [0.25, 0.3) is 0 Å². The molecule has 1 aliphatic rings. The molecule has 0 spiro atoms. The Morgan fingerprint density at radius 3 is 2.78 bits per heavy atom. The maximum absolute atomic E-state index is 11.8. The van der Waals surface area contributed by atoms with Crippen LogP contribution in [0.2, 0.25) is 5.02 Å². The van der Waals surface area contributed by atoms with Crippen LogP contribution in [0.1, 0.15) is 24.8 Å². The van der Waals surface area contributed by atoms with E-state index in [1.165, 1.54) is 5.56 Å². The van der Waals surface area contributed by atoms with Gasteiger partial charge in [0, 0.05) is 18.2 Å². The zero-order chi connectivity index (χ0) is 12.8. The Labute approximate surface area is 112 Å². The van der Waals surface area contributed by atoms with E-state index in [9.17, 15) is 4.79 Å². The van der Waals surface area contributed by atoms with Crippen LogP contribution < -0.4 is 5.32 Å². The molecule has 1 saturated heterocycles. The molecular formula is C14H18ClNO2. The fraction of sp³-hybridized carbons (Fsp3) is 0.500. The smallest absolute Gasteiger partial charge is 0.249 e. The van der Waals surface area contributed by atoms with Crippen molar-refractivity contribution in [2.45, 2.75) is 31.8 Å². The monoisotopic (exact) mass is 267 g/mol. The molecule has 0 aliphatic carbocycles. The molecule has 18 heavy (non-hydrogen) atoms. The molecule has 0 saturated carbocycles. The fourth-order valence-corrected chi connectivity index (χ4v) is 2.17. The Morgan fingerprint density at radius 1 is 1.33 bits per heavy atom. The number of ether oxygens (including phenoxy) is 1. The molecule has 2 rings (SSSR count). The molecule has 1 heterocycles. The molecule has 1 atom stereocenters. The third-order valence-corrected chi connectivity index (χ3v) is 3.35. The van der Waals surface area contributed by atoms with E-state index in [-0.39, 0.29) is 12.0 Å². The largest absolute Gasteiger partial charge is 0.368 e. The number of benzene rings is 1. The molecule has 1 amide bonds. The van der Waals surface area contributed by atoms with Crippen molar-refractivity contribution in [2.75, 3.05) is 13.2 Å². The number of carbonyl (C=O) groups is 1. The number of amides is 1. The third-order valence-electron chi connectivity index (χ3n) is 3.10. The lowest BCUT2D eigenvalue weighted by Crippen LogP contribution is -2.39. The predicted octanol–water partition coefficient (Wildman–Crippen LogP) is 2.57. The van der Waals surface area contributed by atoms with Gasteiger partial charge >= 0.3 is 0 Å². The molecule has 0 radical (unpaired) electrons. The van der Waals surface area contributed by atoms with Gasteiger partial charge in [-0.1, -0.05) is 23.7 Å². The van der Waals surface area contributed by atoms with Gasteiger partial charge in [-0.2, -0.15) is 0 Å². The Hall–Kier alpha value is -1.06. The van der Waals surface area contributed by atoms with Crippen molar-refractivity contribution < 1.29 is 9.53 Å². The first kappa shape index (κ1) is 13.4. The molecule has 3 nitrogen and oxygen atoms in total. The summed E-state index contributed by atoms with van der Waals surface area (Å²) < 4.78 is 5.43. The minimum Gasteiger partial charge on any atom is -0.368 e. The Bertz CT molecular complexity index is 385. The first-order valence-corrected chi connectivity index (χ1v) is 6.77. The van der Waals surface area contributed by atoms with Gasteiger partial charge in [0.05, 0.1) is 0 Å². The van der Waals surface area contributed by atoms with Crippen LogP contribution in [0.3, 0.4) is 0 Å². The second kappa shape index (κ2) is 6.76. The van der Waals surface area contributed by atoms with Gasteiger partial charge in [-0.15, -0.1) is 0 Å². The van der Waals surface area contributed by atoms with E-state index < -0.39 is 0 Å². The summed E-state index contributed by atoms with van der Waals surface area (Å²) in [5, 5.41) is 3.65. The molecule has 98 valence electrons. The minimum absolute atomic E-state index is 0.0173. The van der Waals surface area contributed by atoms with Gasteiger partial charge in [0.25, 0.3) is 0 Å². The molecule has 1 fully saturated rings. The molecule has 1 aromatic carbocycles. The van der Waals surface area contributed by atoms with Crippen molar-refractivity contribution >= 4 is 17.5 Å². The van der Waals surface area contributed by atoms with E-state index >= 15 is 0 Å². The average Bonchev–Trinajstić information content (AvgIpc) is 2.42. The van der Waals surface area contributed by atoms with E-state index in [0.29, 0.717) is 13.2 Å². The molecule has 0 aromatic heterocycles. The Balaban J connectivity index is 1.71. The molecule has 1 aromatic rings. The van der Waals surface area contributed by atoms with Crippen LogP contribution in [0.4, 0.5) is 0 Å². The first-order valence-electron chi connectivity index (χ1n) is 6.39. The number of nitrogens with one attached hydrogen (secondary N) is 1. The van der Waals surface area contributed by atoms with Crippen molar-refractivity contribution in [3.63, 3.8) is 0 Å². The predicted molar refractivity (Wildman–Crippen MR) is 71.8 cm³/mol. The summed E-state index contributed by atoms with van der Waals surface area (Å²) in [6, 6.07) is 7.68. The number of carbonyl (C=O) groups excluding carboxylic acids is 1. The zero-order valence-corrected chi connectivity index (χ0v) is 11.1. The Kier molecular flexibility index (Phi) is 5.02. The number of rotatable bonds is 4. The molecule has 1 aliphatic heterocycles. The second-order valence-electron chi connectivity index (χ2n) is 4.52. The second-order valence-corrected chi connectivity index (χ2v) is 4.96. The number of halogens is 1. The van der Waals surface area contributed by atoms with Gasteiger partial charge in [-0.25, -0.2) is 0 Å². The summed E-state index contributed by atoms with van der Waals surface area (Å²) in [5.74, 6) is 0.0173. The van der Waals surface area contributed by atoms with Gasteiger partial charge < -0.3 is 10.1 Å². The normalized spacial score (nSPS) is 19.5. The lowest BCUT2D eigenvalue weighted by atomic mass is 10.1. The first-order chi connectivity index (χ1) is 8.75. The lowest BCUT2D eigenvalue weighted by molar-refractivity contribution is -0.135. The highest BCUT2D eigenvalue weighted by atomic mass is 35.5. The van der Waals surface area contributed by atoms with Crippen LogP contribution >= 0.6 is 11.6 Å². The van der Waals surface area contributed by atoms with Crippen LogP contribution in [0, 0.1) is 0 Å². The fourth-order valence-electron chi connectivity index (χ4n) is 2.04. The molecule has 1 unspecified atom stereocenters.